The number of nitrogens with one attached hydrogen (secondary N) is 1. The molecule has 5 heteroatoms. The summed E-state index contributed by atoms with van der Waals surface area (Å²) in [6, 6.07) is 6.35. The normalized spacial score (nSPS) is 21.7. The first kappa shape index (κ1) is 14.9. The van der Waals surface area contributed by atoms with Crippen LogP contribution in [0.15, 0.2) is 18.2 Å². The Hall–Kier alpha value is -2.40. The monoisotopic (exact) mass is 339 g/mol. The summed E-state index contributed by atoms with van der Waals surface area (Å²) in [4.78, 5) is 0. The molecule has 0 spiro atoms. The molecule has 0 saturated carbocycles. The summed E-state index contributed by atoms with van der Waals surface area (Å²) in [6.07, 6.45) is 3.03. The third-order valence-electron chi connectivity index (χ3n) is 5.89. The van der Waals surface area contributed by atoms with E-state index in [0.717, 1.165) is 53.4 Å². The van der Waals surface area contributed by atoms with Gasteiger partial charge in [-0.2, -0.15) is 0 Å². The molecule has 1 aliphatic heterocycles. The van der Waals surface area contributed by atoms with Crippen molar-refractivity contribution in [2.75, 3.05) is 28.1 Å². The second kappa shape index (κ2) is 5.05. The van der Waals surface area contributed by atoms with Gasteiger partial charge in [0.15, 0.2) is 23.0 Å². The standard InChI is InChI=1S/C20H21NO4/c1-21-20-5-4-11-6-16(22-2)19(23-3)17(18(11)20)13-8-15-14(24-10-25-15)7-12(13)9-20/h6-8,21H,4-5,9-10H2,1-3H3. The van der Waals surface area contributed by atoms with Gasteiger partial charge in [-0.15, -0.1) is 0 Å². The fourth-order valence-electron chi connectivity index (χ4n) is 4.72. The lowest BCUT2D eigenvalue weighted by molar-refractivity contribution is 0.174. The number of ether oxygens (including phenoxy) is 4. The molecule has 2 aromatic rings. The van der Waals surface area contributed by atoms with Gasteiger partial charge < -0.3 is 24.3 Å². The van der Waals surface area contributed by atoms with E-state index in [9.17, 15) is 0 Å². The Morgan fingerprint density at radius 2 is 1.84 bits per heavy atom. The molecule has 2 aromatic carbocycles. The van der Waals surface area contributed by atoms with Crippen molar-refractivity contribution in [3.63, 3.8) is 0 Å². The van der Waals surface area contributed by atoms with Gasteiger partial charge in [0, 0.05) is 11.1 Å². The van der Waals surface area contributed by atoms with Crippen LogP contribution in [0, 0.1) is 0 Å². The van der Waals surface area contributed by atoms with E-state index in [-0.39, 0.29) is 12.3 Å². The van der Waals surface area contributed by atoms with Gasteiger partial charge in [0.1, 0.15) is 0 Å². The maximum Gasteiger partial charge on any atom is 0.231 e. The van der Waals surface area contributed by atoms with E-state index in [1.165, 1.54) is 16.7 Å². The quantitative estimate of drug-likeness (QED) is 0.931. The van der Waals surface area contributed by atoms with Crippen molar-refractivity contribution in [1.29, 1.82) is 0 Å². The molecule has 3 aliphatic rings. The Morgan fingerprint density at radius 1 is 1.04 bits per heavy atom. The highest BCUT2D eigenvalue weighted by atomic mass is 16.7. The van der Waals surface area contributed by atoms with E-state index >= 15 is 0 Å². The van der Waals surface area contributed by atoms with Crippen LogP contribution in [0.1, 0.15) is 23.1 Å². The largest absolute Gasteiger partial charge is 0.493 e. The highest BCUT2D eigenvalue weighted by Gasteiger charge is 2.45. The minimum atomic E-state index is -0.0646. The minimum absolute atomic E-state index is 0.0646. The summed E-state index contributed by atoms with van der Waals surface area (Å²) in [5.41, 5.74) is 6.16. The molecule has 1 unspecified atom stereocenters. The summed E-state index contributed by atoms with van der Waals surface area (Å²) >= 11 is 0. The summed E-state index contributed by atoms with van der Waals surface area (Å²) < 4.78 is 22.7. The summed E-state index contributed by atoms with van der Waals surface area (Å²) in [5.74, 6) is 3.21. The van der Waals surface area contributed by atoms with E-state index in [2.05, 4.69) is 23.5 Å². The highest BCUT2D eigenvalue weighted by molar-refractivity contribution is 5.86. The maximum atomic E-state index is 5.81. The van der Waals surface area contributed by atoms with Gasteiger partial charge in [-0.3, -0.25) is 0 Å². The predicted molar refractivity (Wildman–Crippen MR) is 93.9 cm³/mol. The maximum absolute atomic E-state index is 5.81. The van der Waals surface area contributed by atoms with E-state index in [0.29, 0.717) is 0 Å². The zero-order chi connectivity index (χ0) is 17.2. The highest BCUT2D eigenvalue weighted by Crippen LogP contribution is 2.57. The topological polar surface area (TPSA) is 49.0 Å². The summed E-state index contributed by atoms with van der Waals surface area (Å²) in [6.45, 7) is 0.281. The molecule has 0 saturated heterocycles. The SMILES string of the molecule is CNC12CCc3cc(OC)c(OC)c(c31)-c1cc3c(cc1C2)OCO3. The number of hydrogen-bond donors (Lipinski definition) is 1. The number of likely N-dealkylation sites (N-methyl/N-ethyl adjacent to an activating group) is 1. The van der Waals surface area contributed by atoms with E-state index in [1.807, 2.05) is 7.05 Å². The first-order valence-corrected chi connectivity index (χ1v) is 8.61. The fourth-order valence-corrected chi connectivity index (χ4v) is 4.72. The number of benzene rings is 2. The Bertz CT molecular complexity index is 892. The molecule has 0 fully saturated rings. The Balaban J connectivity index is 1.87. The van der Waals surface area contributed by atoms with Crippen LogP contribution in [0.4, 0.5) is 0 Å². The zero-order valence-corrected chi connectivity index (χ0v) is 14.7. The van der Waals surface area contributed by atoms with Gasteiger partial charge >= 0.3 is 0 Å². The average molecular weight is 339 g/mol. The van der Waals surface area contributed by atoms with Crippen LogP contribution in [-0.4, -0.2) is 28.1 Å². The third-order valence-corrected chi connectivity index (χ3v) is 5.89. The summed E-state index contributed by atoms with van der Waals surface area (Å²) in [5, 5.41) is 3.60. The number of methoxy groups -OCH3 is 2. The molecule has 130 valence electrons. The van der Waals surface area contributed by atoms with Crippen molar-refractivity contribution in [2.45, 2.75) is 24.8 Å². The third kappa shape index (κ3) is 1.82. The molecule has 5 rings (SSSR count). The molecular formula is C20H21NO4. The van der Waals surface area contributed by atoms with Gasteiger partial charge in [-0.25, -0.2) is 0 Å². The molecule has 0 amide bonds. The lowest BCUT2D eigenvalue weighted by Crippen LogP contribution is -2.42. The first-order valence-electron chi connectivity index (χ1n) is 8.61. The van der Waals surface area contributed by atoms with E-state index in [4.69, 9.17) is 18.9 Å². The van der Waals surface area contributed by atoms with Crippen molar-refractivity contribution in [1.82, 2.24) is 5.32 Å². The van der Waals surface area contributed by atoms with Crippen molar-refractivity contribution in [2.24, 2.45) is 0 Å². The molecular weight excluding hydrogens is 318 g/mol. The number of fused-ring (bicyclic) bond motifs is 3. The van der Waals surface area contributed by atoms with Gasteiger partial charge in [0.2, 0.25) is 6.79 Å². The molecule has 1 atom stereocenters. The Labute approximate surface area is 146 Å². The first-order chi connectivity index (χ1) is 12.2. The van der Waals surface area contributed by atoms with Crippen molar-refractivity contribution in [3.05, 3.63) is 34.9 Å². The van der Waals surface area contributed by atoms with Crippen LogP contribution in [0.3, 0.4) is 0 Å². The molecule has 25 heavy (non-hydrogen) atoms. The number of hydrogen-bond acceptors (Lipinski definition) is 5. The van der Waals surface area contributed by atoms with Crippen molar-refractivity contribution in [3.8, 4) is 34.1 Å². The molecule has 5 nitrogen and oxygen atoms in total. The smallest absolute Gasteiger partial charge is 0.231 e. The number of aryl methyl sites for hydroxylation is 1. The van der Waals surface area contributed by atoms with Crippen LogP contribution >= 0.6 is 0 Å². The Morgan fingerprint density at radius 3 is 2.56 bits per heavy atom. The minimum Gasteiger partial charge on any atom is -0.493 e. The second-order valence-corrected chi connectivity index (χ2v) is 6.89. The van der Waals surface area contributed by atoms with Gasteiger partial charge in [-0.05, 0) is 66.8 Å². The predicted octanol–water partition coefficient (Wildman–Crippen LogP) is 3.02. The molecule has 2 aliphatic carbocycles. The second-order valence-electron chi connectivity index (χ2n) is 6.89. The molecule has 0 radical (unpaired) electrons. The number of rotatable bonds is 3. The molecule has 0 bridgehead atoms. The average Bonchev–Trinajstić information content (AvgIpc) is 3.24. The van der Waals surface area contributed by atoms with Crippen LogP contribution in [0.25, 0.3) is 11.1 Å². The van der Waals surface area contributed by atoms with Crippen LogP contribution < -0.4 is 24.3 Å². The van der Waals surface area contributed by atoms with Crippen LogP contribution in [-0.2, 0) is 18.4 Å². The van der Waals surface area contributed by atoms with Crippen LogP contribution in [0.2, 0.25) is 0 Å². The molecule has 1 N–H and O–H groups in total. The van der Waals surface area contributed by atoms with E-state index in [1.54, 1.807) is 14.2 Å². The Kier molecular flexibility index (Phi) is 3.01. The van der Waals surface area contributed by atoms with Crippen molar-refractivity contribution >= 4 is 0 Å². The van der Waals surface area contributed by atoms with Gasteiger partial charge in [0.05, 0.1) is 14.2 Å². The van der Waals surface area contributed by atoms with Crippen molar-refractivity contribution < 1.29 is 18.9 Å². The molecule has 0 aromatic heterocycles. The van der Waals surface area contributed by atoms with Crippen LogP contribution in [0.5, 0.6) is 23.0 Å². The lowest BCUT2D eigenvalue weighted by Gasteiger charge is -2.38. The molecule has 1 heterocycles. The van der Waals surface area contributed by atoms with Gasteiger partial charge in [-0.1, -0.05) is 0 Å². The fraction of sp³-hybridized carbons (Fsp3) is 0.400. The lowest BCUT2D eigenvalue weighted by atomic mass is 9.74. The van der Waals surface area contributed by atoms with E-state index < -0.39 is 0 Å². The zero-order valence-electron chi connectivity index (χ0n) is 14.7. The summed E-state index contributed by atoms with van der Waals surface area (Å²) in [7, 11) is 5.45. The van der Waals surface area contributed by atoms with Gasteiger partial charge in [0.25, 0.3) is 0 Å².